The first-order chi connectivity index (χ1) is 26.2. The molecule has 274 valence electrons. The number of aromatic hydroxyl groups is 1. The van der Waals surface area contributed by atoms with E-state index in [2.05, 4.69) is 37.6 Å². The van der Waals surface area contributed by atoms with Gasteiger partial charge in [0.25, 0.3) is 11.8 Å². The molecule has 4 aromatic carbocycles. The molecule has 4 heterocycles. The predicted molar refractivity (Wildman–Crippen MR) is 203 cm³/mol. The van der Waals surface area contributed by atoms with Crippen molar-refractivity contribution in [1.29, 1.82) is 0 Å². The fraction of sp³-hybridized carbons (Fsp3) is 0.225. The van der Waals surface area contributed by atoms with E-state index >= 15 is 0 Å². The van der Waals surface area contributed by atoms with Crippen molar-refractivity contribution in [1.82, 2.24) is 20.1 Å². The van der Waals surface area contributed by atoms with E-state index in [1.54, 1.807) is 10.3 Å². The van der Waals surface area contributed by atoms with Crippen LogP contribution in [0.2, 0.25) is 0 Å². The summed E-state index contributed by atoms with van der Waals surface area (Å²) in [5, 5.41) is 17.8. The van der Waals surface area contributed by atoms with Gasteiger partial charge in [0.2, 0.25) is 5.91 Å². The second kappa shape index (κ2) is 14.7. The fourth-order valence-corrected chi connectivity index (χ4v) is 7.78. The van der Waals surface area contributed by atoms with Crippen molar-refractivity contribution in [3.05, 3.63) is 125 Å². The third-order valence-corrected chi connectivity index (χ3v) is 10.8. The van der Waals surface area contributed by atoms with Gasteiger partial charge in [-0.3, -0.25) is 34.8 Å². The molecule has 3 N–H and O–H groups in total. The number of thiazole rings is 1. The smallest absolute Gasteiger partial charge is 0.328 e. The lowest BCUT2D eigenvalue weighted by Gasteiger charge is -2.36. The monoisotopic (exact) mass is 745 g/mol. The second-order valence-corrected chi connectivity index (χ2v) is 14.4. The maximum absolute atomic E-state index is 14.4. The van der Waals surface area contributed by atoms with Gasteiger partial charge in [0.15, 0.2) is 5.13 Å². The van der Waals surface area contributed by atoms with Gasteiger partial charge < -0.3 is 14.9 Å². The van der Waals surface area contributed by atoms with Crippen LogP contribution < -0.4 is 20.4 Å². The highest BCUT2D eigenvalue weighted by molar-refractivity contribution is 7.13. The van der Waals surface area contributed by atoms with E-state index in [1.165, 1.54) is 28.5 Å². The minimum absolute atomic E-state index is 0.0130. The molecular formula is C40H36FN7O5S. The number of anilines is 3. The summed E-state index contributed by atoms with van der Waals surface area (Å²) in [6.07, 6.45) is 1.83. The number of halogens is 1. The average molecular weight is 746 g/mol. The molecule has 8 rings (SSSR count). The van der Waals surface area contributed by atoms with Gasteiger partial charge in [-0.15, -0.1) is 11.3 Å². The molecule has 14 heteroatoms. The highest BCUT2D eigenvalue weighted by atomic mass is 32.1. The number of benzene rings is 4. The molecule has 0 spiro atoms. The van der Waals surface area contributed by atoms with Crippen molar-refractivity contribution in [2.75, 3.05) is 47.8 Å². The molecule has 2 fully saturated rings. The Labute approximate surface area is 314 Å². The highest BCUT2D eigenvalue weighted by Gasteiger charge is 2.39. The minimum Gasteiger partial charge on any atom is -0.508 e. The van der Waals surface area contributed by atoms with E-state index in [0.29, 0.717) is 23.7 Å². The maximum Gasteiger partial charge on any atom is 0.328 e. The third-order valence-electron chi connectivity index (χ3n) is 10.1. The molecule has 2 saturated heterocycles. The number of nitrogens with one attached hydrogen (secondary N) is 2. The molecule has 5 aromatic rings. The molecular weight excluding hydrogens is 710 g/mol. The van der Waals surface area contributed by atoms with Crippen molar-refractivity contribution in [3.63, 3.8) is 0 Å². The van der Waals surface area contributed by atoms with E-state index in [4.69, 9.17) is 0 Å². The summed E-state index contributed by atoms with van der Waals surface area (Å²) in [7, 11) is 0. The lowest BCUT2D eigenvalue weighted by molar-refractivity contribution is -0.121. The van der Waals surface area contributed by atoms with Gasteiger partial charge in [-0.05, 0) is 70.8 Å². The van der Waals surface area contributed by atoms with Gasteiger partial charge in [-0.2, -0.15) is 0 Å². The Bertz CT molecular complexity index is 2220. The van der Waals surface area contributed by atoms with Gasteiger partial charge >= 0.3 is 6.03 Å². The summed E-state index contributed by atoms with van der Waals surface area (Å²) >= 11 is 1.21. The van der Waals surface area contributed by atoms with Crippen molar-refractivity contribution in [2.24, 2.45) is 0 Å². The van der Waals surface area contributed by atoms with Gasteiger partial charge in [-0.25, -0.2) is 14.2 Å². The van der Waals surface area contributed by atoms with Crippen LogP contribution in [0.15, 0.2) is 96.5 Å². The molecule has 54 heavy (non-hydrogen) atoms. The molecule has 12 nitrogen and oxygen atoms in total. The highest BCUT2D eigenvalue weighted by Crippen LogP contribution is 2.38. The Morgan fingerprint density at radius 3 is 2.35 bits per heavy atom. The van der Waals surface area contributed by atoms with Gasteiger partial charge in [0, 0.05) is 86.3 Å². The molecule has 1 unspecified atom stereocenters. The number of nitrogens with zero attached hydrogens (tertiary/aromatic N) is 5. The number of carbonyl (C=O) groups is 4. The zero-order chi connectivity index (χ0) is 37.3. The van der Waals surface area contributed by atoms with Crippen LogP contribution in [0.5, 0.6) is 5.75 Å². The van der Waals surface area contributed by atoms with Crippen LogP contribution in [0.25, 0.3) is 11.1 Å². The number of hydrogen-bond acceptors (Lipinski definition) is 9. The summed E-state index contributed by atoms with van der Waals surface area (Å²) in [5.74, 6) is -2.18. The number of phenols is 1. The van der Waals surface area contributed by atoms with Crippen molar-refractivity contribution in [2.45, 2.75) is 25.6 Å². The number of piperazine rings is 1. The Balaban J connectivity index is 0.909. The second-order valence-electron chi connectivity index (χ2n) is 13.5. The zero-order valence-corrected chi connectivity index (χ0v) is 29.9. The number of hydrogen-bond donors (Lipinski definition) is 3. The van der Waals surface area contributed by atoms with Crippen LogP contribution >= 0.6 is 11.3 Å². The van der Waals surface area contributed by atoms with E-state index in [0.717, 1.165) is 78.5 Å². The molecule has 0 radical (unpaired) electrons. The van der Waals surface area contributed by atoms with Crippen LogP contribution in [0.3, 0.4) is 0 Å². The first-order valence-electron chi connectivity index (χ1n) is 17.6. The average Bonchev–Trinajstić information content (AvgIpc) is 3.81. The number of urea groups is 1. The Hall–Kier alpha value is -6.12. The molecule has 3 aliphatic heterocycles. The van der Waals surface area contributed by atoms with Crippen LogP contribution in [0.1, 0.15) is 39.5 Å². The first kappa shape index (κ1) is 34.9. The van der Waals surface area contributed by atoms with Crippen molar-refractivity contribution < 1.29 is 28.7 Å². The van der Waals surface area contributed by atoms with Crippen LogP contribution in [-0.4, -0.2) is 76.4 Å². The van der Waals surface area contributed by atoms with Gasteiger partial charge in [0.05, 0.1) is 0 Å². The molecule has 0 bridgehead atoms. The predicted octanol–water partition coefficient (Wildman–Crippen LogP) is 5.76. The fourth-order valence-electron chi connectivity index (χ4n) is 7.24. The standard InChI is InChI=1S/C40H36FN7O5S/c41-29-7-12-34(49)33(22-29)36(37(51)44-39-42-14-20-54-39)48-24-28-4-3-27(21-32(28)38(48)52)26-5-10-30(11-6-26)46-18-16-45(17-19-46)23-25-1-8-31(9-2-25)47-15-13-35(50)43-40(47)53/h1-12,14,20-22,36,49H,13,15-19,23-24H2,(H,42,44,51)(H,43,50,53). The summed E-state index contributed by atoms with van der Waals surface area (Å²) in [4.78, 5) is 63.0. The van der Waals surface area contributed by atoms with Crippen molar-refractivity contribution in [3.8, 4) is 16.9 Å². The minimum atomic E-state index is -1.29. The van der Waals surface area contributed by atoms with E-state index in [-0.39, 0.29) is 29.8 Å². The summed E-state index contributed by atoms with van der Waals surface area (Å²) in [6.45, 7) is 4.78. The number of rotatable bonds is 9. The molecule has 1 aromatic heterocycles. The first-order valence-corrected chi connectivity index (χ1v) is 18.5. The molecule has 5 amide bonds. The number of phenolic OH excluding ortho intramolecular Hbond substituents is 1. The maximum atomic E-state index is 14.4. The summed E-state index contributed by atoms with van der Waals surface area (Å²) in [5.41, 5.74) is 5.97. The summed E-state index contributed by atoms with van der Waals surface area (Å²) < 4.78 is 14.4. The van der Waals surface area contributed by atoms with E-state index in [9.17, 15) is 28.7 Å². The molecule has 0 aliphatic carbocycles. The van der Waals surface area contributed by atoms with Gasteiger partial charge in [0.1, 0.15) is 17.6 Å². The SMILES string of the molecule is O=C1CCN(c2ccc(CN3CCN(c4ccc(-c5ccc6c(c5)C(=O)N(C(C(=O)Nc5nccs5)c5cc(F)ccc5O)C6)cc4)CC3)cc2)C(=O)N1. The third kappa shape index (κ3) is 7.13. The number of carbonyl (C=O) groups excluding carboxylic acids is 4. The topological polar surface area (TPSA) is 138 Å². The van der Waals surface area contributed by atoms with Gasteiger partial charge in [-0.1, -0.05) is 36.4 Å². The molecule has 0 saturated carbocycles. The Morgan fingerprint density at radius 2 is 1.63 bits per heavy atom. The number of imide groups is 1. The Morgan fingerprint density at radius 1 is 0.889 bits per heavy atom. The number of amides is 5. The number of aromatic nitrogens is 1. The van der Waals surface area contributed by atoms with Crippen LogP contribution in [0.4, 0.5) is 25.7 Å². The van der Waals surface area contributed by atoms with E-state index < -0.39 is 23.7 Å². The quantitative estimate of drug-likeness (QED) is 0.173. The normalized spacial score (nSPS) is 16.7. The number of fused-ring (bicyclic) bond motifs is 1. The summed E-state index contributed by atoms with van der Waals surface area (Å²) in [6, 6.07) is 23.5. The zero-order valence-electron chi connectivity index (χ0n) is 29.1. The largest absolute Gasteiger partial charge is 0.508 e. The molecule has 1 atom stereocenters. The lowest BCUT2D eigenvalue weighted by Crippen LogP contribution is -2.49. The molecule has 3 aliphatic rings. The Kier molecular flexibility index (Phi) is 9.52. The van der Waals surface area contributed by atoms with Crippen LogP contribution in [-0.2, 0) is 22.7 Å². The lowest BCUT2D eigenvalue weighted by atomic mass is 10.00. The van der Waals surface area contributed by atoms with E-state index in [1.807, 2.05) is 54.6 Å². The van der Waals surface area contributed by atoms with Crippen molar-refractivity contribution >= 4 is 51.6 Å². The van der Waals surface area contributed by atoms with Crippen LogP contribution in [0, 0.1) is 5.82 Å².